The summed E-state index contributed by atoms with van der Waals surface area (Å²) >= 11 is 1.10. The van der Waals surface area contributed by atoms with Crippen LogP contribution in [0.15, 0.2) is 40.5 Å². The normalized spacial score (nSPS) is 10.8. The van der Waals surface area contributed by atoms with Gasteiger partial charge >= 0.3 is 5.69 Å². The molecule has 0 atom stereocenters. The van der Waals surface area contributed by atoms with E-state index in [0.29, 0.717) is 15.9 Å². The summed E-state index contributed by atoms with van der Waals surface area (Å²) in [5.74, 6) is 0. The predicted molar refractivity (Wildman–Crippen MR) is 77.9 cm³/mol. The Labute approximate surface area is 129 Å². The quantitative estimate of drug-likeness (QED) is 0.533. The zero-order valence-corrected chi connectivity index (χ0v) is 12.6. The molecule has 1 aromatic carbocycles. The van der Waals surface area contributed by atoms with Crippen molar-refractivity contribution >= 4 is 17.4 Å². The number of nitro groups is 1. The van der Waals surface area contributed by atoms with E-state index in [2.05, 4.69) is 20.6 Å². The van der Waals surface area contributed by atoms with Gasteiger partial charge in [-0.25, -0.2) is 0 Å². The second-order valence-electron chi connectivity index (χ2n) is 4.43. The zero-order valence-electron chi connectivity index (χ0n) is 11.7. The van der Waals surface area contributed by atoms with Gasteiger partial charge in [-0.3, -0.25) is 14.8 Å². The number of para-hydroxylation sites is 1. The van der Waals surface area contributed by atoms with Gasteiger partial charge in [0.25, 0.3) is 0 Å². The number of aryl methyl sites for hydroxylation is 2. The van der Waals surface area contributed by atoms with E-state index in [4.69, 9.17) is 0 Å². The van der Waals surface area contributed by atoms with Gasteiger partial charge in [-0.15, -0.1) is 5.10 Å². The van der Waals surface area contributed by atoms with Crippen molar-refractivity contribution in [3.8, 4) is 5.69 Å². The molecule has 0 saturated carbocycles. The predicted octanol–water partition coefficient (Wildman–Crippen LogP) is 1.76. The lowest BCUT2D eigenvalue weighted by Crippen LogP contribution is -2.00. The van der Waals surface area contributed by atoms with Crippen molar-refractivity contribution in [1.82, 2.24) is 30.0 Å². The lowest BCUT2D eigenvalue weighted by atomic mass is 10.3. The summed E-state index contributed by atoms with van der Waals surface area (Å²) in [7, 11) is 1.65. The first-order valence-corrected chi connectivity index (χ1v) is 7.09. The van der Waals surface area contributed by atoms with E-state index in [-0.39, 0.29) is 5.69 Å². The lowest BCUT2D eigenvalue weighted by molar-refractivity contribution is -0.388. The summed E-state index contributed by atoms with van der Waals surface area (Å²) in [4.78, 5) is 10.8. The molecule has 2 heterocycles. The van der Waals surface area contributed by atoms with Crippen molar-refractivity contribution in [3.05, 3.63) is 46.1 Å². The number of tetrazole rings is 1. The standard InChI is InChI=1S/C12H11N7O2S/c1-8-10(19(20)21)11(17(2)14-8)22-12-13-15-16-18(12)9-6-4-3-5-7-9/h3-7H,1-2H3. The number of rotatable bonds is 4. The van der Waals surface area contributed by atoms with Crippen LogP contribution in [0.1, 0.15) is 5.69 Å². The summed E-state index contributed by atoms with van der Waals surface area (Å²) in [6.45, 7) is 1.60. The Morgan fingerprint density at radius 3 is 2.68 bits per heavy atom. The van der Waals surface area contributed by atoms with Gasteiger partial charge in [0.1, 0.15) is 5.69 Å². The fourth-order valence-electron chi connectivity index (χ4n) is 2.01. The van der Waals surface area contributed by atoms with E-state index in [1.165, 1.54) is 9.36 Å². The second kappa shape index (κ2) is 5.56. The lowest BCUT2D eigenvalue weighted by Gasteiger charge is -2.03. The van der Waals surface area contributed by atoms with Crippen molar-refractivity contribution in [2.75, 3.05) is 0 Å². The van der Waals surface area contributed by atoms with Crippen LogP contribution in [0.25, 0.3) is 5.69 Å². The summed E-state index contributed by atoms with van der Waals surface area (Å²) in [6, 6.07) is 9.31. The van der Waals surface area contributed by atoms with Crippen molar-refractivity contribution < 1.29 is 4.92 Å². The first-order chi connectivity index (χ1) is 10.6. The van der Waals surface area contributed by atoms with Crippen LogP contribution in [-0.2, 0) is 7.05 Å². The highest BCUT2D eigenvalue weighted by atomic mass is 32.2. The fraction of sp³-hybridized carbons (Fsp3) is 0.167. The maximum atomic E-state index is 11.2. The van der Waals surface area contributed by atoms with Crippen LogP contribution >= 0.6 is 11.8 Å². The zero-order chi connectivity index (χ0) is 15.7. The Kier molecular flexibility index (Phi) is 3.59. The maximum absolute atomic E-state index is 11.2. The molecule has 22 heavy (non-hydrogen) atoms. The summed E-state index contributed by atoms with van der Waals surface area (Å²) in [6.07, 6.45) is 0. The summed E-state index contributed by atoms with van der Waals surface area (Å²) < 4.78 is 2.98. The summed E-state index contributed by atoms with van der Waals surface area (Å²) in [5, 5.41) is 27.6. The van der Waals surface area contributed by atoms with Crippen molar-refractivity contribution in [2.24, 2.45) is 7.05 Å². The highest BCUT2D eigenvalue weighted by Gasteiger charge is 2.26. The Morgan fingerprint density at radius 1 is 1.27 bits per heavy atom. The average Bonchev–Trinajstić information content (AvgIpc) is 3.05. The molecule has 9 nitrogen and oxygen atoms in total. The van der Waals surface area contributed by atoms with E-state index >= 15 is 0 Å². The minimum atomic E-state index is -0.443. The SMILES string of the molecule is Cc1nn(C)c(Sc2nnnn2-c2ccccc2)c1[N+](=O)[O-]. The Balaban J connectivity index is 2.03. The van der Waals surface area contributed by atoms with Gasteiger partial charge in [-0.1, -0.05) is 18.2 Å². The fourth-order valence-corrected chi connectivity index (χ4v) is 2.98. The molecule has 0 fully saturated rings. The number of aromatic nitrogens is 6. The third-order valence-corrected chi connectivity index (χ3v) is 4.04. The van der Waals surface area contributed by atoms with E-state index in [9.17, 15) is 10.1 Å². The molecule has 0 spiro atoms. The number of hydrogen-bond donors (Lipinski definition) is 0. The molecule has 0 radical (unpaired) electrons. The number of benzene rings is 1. The number of hydrogen-bond acceptors (Lipinski definition) is 7. The van der Waals surface area contributed by atoms with Crippen molar-refractivity contribution in [1.29, 1.82) is 0 Å². The Hall–Kier alpha value is -2.75. The second-order valence-corrected chi connectivity index (χ2v) is 5.39. The molecule has 0 aliphatic heterocycles. The molecule has 112 valence electrons. The van der Waals surface area contributed by atoms with Gasteiger partial charge in [0, 0.05) is 7.05 Å². The van der Waals surface area contributed by atoms with Crippen LogP contribution in [0, 0.1) is 17.0 Å². The molecule has 0 aliphatic rings. The van der Waals surface area contributed by atoms with E-state index in [0.717, 1.165) is 17.4 Å². The minimum absolute atomic E-state index is 0.0323. The van der Waals surface area contributed by atoms with Gasteiger partial charge in [0.15, 0.2) is 5.03 Å². The summed E-state index contributed by atoms with van der Waals surface area (Å²) in [5.41, 5.74) is 1.10. The van der Waals surface area contributed by atoms with Crippen LogP contribution in [0.2, 0.25) is 0 Å². The van der Waals surface area contributed by atoms with Gasteiger partial charge < -0.3 is 0 Å². The molecule has 0 aliphatic carbocycles. The van der Waals surface area contributed by atoms with Crippen LogP contribution in [0.4, 0.5) is 5.69 Å². The Bertz CT molecular complexity index is 827. The molecule has 3 aromatic rings. The third-order valence-electron chi connectivity index (χ3n) is 2.95. The monoisotopic (exact) mass is 317 g/mol. The van der Waals surface area contributed by atoms with E-state index in [1.54, 1.807) is 14.0 Å². The molecular weight excluding hydrogens is 306 g/mol. The Morgan fingerprint density at radius 2 is 2.00 bits per heavy atom. The minimum Gasteiger partial charge on any atom is -0.258 e. The molecule has 0 bridgehead atoms. The molecule has 0 amide bonds. The molecular formula is C12H11N7O2S. The number of nitrogens with zero attached hydrogens (tertiary/aromatic N) is 7. The first kappa shape index (κ1) is 14.2. The molecule has 10 heteroatoms. The van der Waals surface area contributed by atoms with Crippen LogP contribution < -0.4 is 0 Å². The topological polar surface area (TPSA) is 105 Å². The van der Waals surface area contributed by atoms with Gasteiger partial charge in [0.2, 0.25) is 5.16 Å². The first-order valence-electron chi connectivity index (χ1n) is 6.27. The average molecular weight is 317 g/mol. The van der Waals surface area contributed by atoms with Crippen molar-refractivity contribution in [3.63, 3.8) is 0 Å². The van der Waals surface area contributed by atoms with Crippen LogP contribution in [0.3, 0.4) is 0 Å². The van der Waals surface area contributed by atoms with Gasteiger partial charge in [-0.2, -0.15) is 9.78 Å². The van der Waals surface area contributed by atoms with Crippen molar-refractivity contribution in [2.45, 2.75) is 17.1 Å². The highest BCUT2D eigenvalue weighted by Crippen LogP contribution is 2.35. The van der Waals surface area contributed by atoms with Crippen LogP contribution in [0.5, 0.6) is 0 Å². The van der Waals surface area contributed by atoms with Crippen LogP contribution in [-0.4, -0.2) is 34.9 Å². The molecule has 3 rings (SSSR count). The highest BCUT2D eigenvalue weighted by molar-refractivity contribution is 7.99. The third kappa shape index (κ3) is 2.44. The molecule has 0 saturated heterocycles. The largest absolute Gasteiger partial charge is 0.324 e. The smallest absolute Gasteiger partial charge is 0.258 e. The van der Waals surface area contributed by atoms with E-state index < -0.39 is 4.92 Å². The molecule has 0 unspecified atom stereocenters. The van der Waals surface area contributed by atoms with Gasteiger partial charge in [-0.05, 0) is 41.2 Å². The molecule has 2 aromatic heterocycles. The molecule has 0 N–H and O–H groups in total. The maximum Gasteiger partial charge on any atom is 0.324 e. The van der Waals surface area contributed by atoms with E-state index in [1.807, 2.05) is 30.3 Å². The van der Waals surface area contributed by atoms with Gasteiger partial charge in [0.05, 0.1) is 10.6 Å².